The summed E-state index contributed by atoms with van der Waals surface area (Å²) in [7, 11) is 0. The van der Waals surface area contributed by atoms with Gasteiger partial charge in [-0.3, -0.25) is 4.79 Å². The van der Waals surface area contributed by atoms with Crippen LogP contribution in [0.3, 0.4) is 0 Å². The van der Waals surface area contributed by atoms with Crippen molar-refractivity contribution < 1.29 is 9.18 Å². The summed E-state index contributed by atoms with van der Waals surface area (Å²) in [5.74, 6) is 0.0818. The van der Waals surface area contributed by atoms with Gasteiger partial charge in [0.2, 0.25) is 0 Å². The number of amides is 1. The van der Waals surface area contributed by atoms with Gasteiger partial charge < -0.3 is 4.90 Å². The van der Waals surface area contributed by atoms with E-state index >= 15 is 0 Å². The smallest absolute Gasteiger partial charge is 0.256 e. The molecule has 0 saturated carbocycles. The van der Waals surface area contributed by atoms with Crippen molar-refractivity contribution in [2.75, 3.05) is 13.1 Å². The second-order valence-electron chi connectivity index (χ2n) is 5.13. The zero-order valence-electron chi connectivity index (χ0n) is 11.2. The van der Waals surface area contributed by atoms with E-state index in [9.17, 15) is 9.18 Å². The minimum Gasteiger partial charge on any atom is -0.339 e. The molecule has 0 unspecified atom stereocenters. The largest absolute Gasteiger partial charge is 0.339 e. The molecule has 1 amide bonds. The molecular weight excluding hydrogens is 309 g/mol. The predicted molar refractivity (Wildman–Crippen MR) is 77.6 cm³/mol. The summed E-state index contributed by atoms with van der Waals surface area (Å²) in [6.45, 7) is 3.68. The number of nitrogens with zero attached hydrogens (tertiary/aromatic N) is 1. The van der Waals surface area contributed by atoms with Gasteiger partial charge in [-0.05, 0) is 46.8 Å². The van der Waals surface area contributed by atoms with Gasteiger partial charge in [0.15, 0.2) is 0 Å². The third kappa shape index (κ3) is 3.35. The third-order valence-corrected chi connectivity index (χ3v) is 4.39. The van der Waals surface area contributed by atoms with E-state index in [-0.39, 0.29) is 11.5 Å². The van der Waals surface area contributed by atoms with E-state index in [4.69, 9.17) is 0 Å². The van der Waals surface area contributed by atoms with E-state index in [0.29, 0.717) is 4.47 Å². The van der Waals surface area contributed by atoms with Crippen LogP contribution in [0, 0.1) is 11.7 Å². The van der Waals surface area contributed by atoms with Gasteiger partial charge >= 0.3 is 0 Å². The van der Waals surface area contributed by atoms with Crippen LogP contribution in [0.25, 0.3) is 0 Å². The van der Waals surface area contributed by atoms with E-state index in [0.717, 1.165) is 31.8 Å². The predicted octanol–water partition coefficient (Wildman–Crippen LogP) is 4.24. The van der Waals surface area contributed by atoms with Crippen molar-refractivity contribution in [3.8, 4) is 0 Å². The lowest BCUT2D eigenvalue weighted by atomic mass is 9.92. The summed E-state index contributed by atoms with van der Waals surface area (Å²) in [5, 5.41) is 0. The van der Waals surface area contributed by atoms with Crippen LogP contribution >= 0.6 is 15.9 Å². The first-order chi connectivity index (χ1) is 9.13. The van der Waals surface area contributed by atoms with Crippen LogP contribution in [0.1, 0.15) is 43.0 Å². The molecule has 1 aromatic carbocycles. The highest BCUT2D eigenvalue weighted by Gasteiger charge is 2.25. The molecule has 1 aliphatic heterocycles. The molecule has 0 radical (unpaired) electrons. The average Bonchev–Trinajstić information content (AvgIpc) is 2.42. The molecule has 2 nitrogen and oxygen atoms in total. The van der Waals surface area contributed by atoms with Crippen molar-refractivity contribution in [1.82, 2.24) is 4.90 Å². The molecule has 0 aliphatic carbocycles. The maximum absolute atomic E-state index is 13.9. The first kappa shape index (κ1) is 14.5. The molecule has 1 aliphatic rings. The van der Waals surface area contributed by atoms with Crippen LogP contribution in [-0.4, -0.2) is 23.9 Å². The molecule has 0 aromatic heterocycles. The van der Waals surface area contributed by atoms with E-state index in [1.807, 2.05) is 0 Å². The lowest BCUT2D eigenvalue weighted by Crippen LogP contribution is -2.38. The number of piperidine rings is 1. The molecule has 0 bridgehead atoms. The molecule has 1 heterocycles. The maximum atomic E-state index is 13.9. The number of hydrogen-bond donors (Lipinski definition) is 0. The highest BCUT2D eigenvalue weighted by Crippen LogP contribution is 2.25. The highest BCUT2D eigenvalue weighted by molar-refractivity contribution is 9.10. The summed E-state index contributed by atoms with van der Waals surface area (Å²) in [4.78, 5) is 14.1. The fraction of sp³-hybridized carbons (Fsp3) is 0.533. The van der Waals surface area contributed by atoms with Crippen molar-refractivity contribution in [3.63, 3.8) is 0 Å². The number of rotatable bonds is 3. The normalized spacial score (nSPS) is 16.7. The maximum Gasteiger partial charge on any atom is 0.256 e. The topological polar surface area (TPSA) is 20.3 Å². The Balaban J connectivity index is 2.03. The molecule has 1 aromatic rings. The minimum atomic E-state index is -0.455. The van der Waals surface area contributed by atoms with E-state index in [1.54, 1.807) is 23.1 Å². The number of benzene rings is 1. The Morgan fingerprint density at radius 3 is 2.74 bits per heavy atom. The van der Waals surface area contributed by atoms with Crippen molar-refractivity contribution >= 4 is 21.8 Å². The van der Waals surface area contributed by atoms with Gasteiger partial charge in [-0.1, -0.05) is 25.8 Å². The number of halogens is 2. The molecule has 0 N–H and O–H groups in total. The average molecular weight is 328 g/mol. The van der Waals surface area contributed by atoms with E-state index in [2.05, 4.69) is 22.9 Å². The monoisotopic (exact) mass is 327 g/mol. The molecule has 0 atom stereocenters. The Kier molecular flexibility index (Phi) is 4.97. The van der Waals surface area contributed by atoms with Crippen LogP contribution in [0.15, 0.2) is 22.7 Å². The van der Waals surface area contributed by atoms with E-state index < -0.39 is 5.82 Å². The highest BCUT2D eigenvalue weighted by atomic mass is 79.9. The van der Waals surface area contributed by atoms with Crippen molar-refractivity contribution in [1.29, 1.82) is 0 Å². The summed E-state index contributed by atoms with van der Waals surface area (Å²) in [6, 6.07) is 4.87. The zero-order chi connectivity index (χ0) is 13.8. The molecule has 1 fully saturated rings. The van der Waals surface area contributed by atoms with Crippen LogP contribution in [0.2, 0.25) is 0 Å². The molecule has 4 heteroatoms. The van der Waals surface area contributed by atoms with Crippen LogP contribution in [-0.2, 0) is 0 Å². The summed E-state index contributed by atoms with van der Waals surface area (Å²) in [5.41, 5.74) is 0.170. The quantitative estimate of drug-likeness (QED) is 0.813. The van der Waals surface area contributed by atoms with Crippen molar-refractivity contribution in [2.45, 2.75) is 32.6 Å². The summed E-state index contributed by atoms with van der Waals surface area (Å²) >= 11 is 3.12. The van der Waals surface area contributed by atoms with Gasteiger partial charge in [-0.2, -0.15) is 0 Å². The summed E-state index contributed by atoms with van der Waals surface area (Å²) in [6.07, 6.45) is 4.50. The number of likely N-dealkylation sites (tertiary alicyclic amines) is 1. The number of hydrogen-bond acceptors (Lipinski definition) is 1. The first-order valence-electron chi connectivity index (χ1n) is 6.86. The fourth-order valence-electron chi connectivity index (χ4n) is 2.67. The van der Waals surface area contributed by atoms with Gasteiger partial charge in [0.1, 0.15) is 5.82 Å². The van der Waals surface area contributed by atoms with Gasteiger partial charge in [0.25, 0.3) is 5.91 Å². The zero-order valence-corrected chi connectivity index (χ0v) is 12.7. The Morgan fingerprint density at radius 1 is 1.42 bits per heavy atom. The lowest BCUT2D eigenvalue weighted by Gasteiger charge is -2.32. The number of carbonyl (C=O) groups is 1. The van der Waals surface area contributed by atoms with Crippen molar-refractivity contribution in [2.24, 2.45) is 5.92 Å². The Labute approximate surface area is 122 Å². The molecule has 1 saturated heterocycles. The van der Waals surface area contributed by atoms with Gasteiger partial charge in [0, 0.05) is 13.1 Å². The van der Waals surface area contributed by atoms with Crippen LogP contribution < -0.4 is 0 Å². The summed E-state index contributed by atoms with van der Waals surface area (Å²) < 4.78 is 14.3. The number of carbonyl (C=O) groups excluding carboxylic acids is 1. The Morgan fingerprint density at radius 2 is 2.11 bits per heavy atom. The van der Waals surface area contributed by atoms with Crippen molar-refractivity contribution in [3.05, 3.63) is 34.1 Å². The molecule has 19 heavy (non-hydrogen) atoms. The third-order valence-electron chi connectivity index (χ3n) is 3.78. The molecule has 104 valence electrons. The first-order valence-corrected chi connectivity index (χ1v) is 7.66. The Bertz CT molecular complexity index is 455. The minimum absolute atomic E-state index is 0.170. The lowest BCUT2D eigenvalue weighted by molar-refractivity contribution is 0.0681. The molecule has 0 spiro atoms. The van der Waals surface area contributed by atoms with Gasteiger partial charge in [0.05, 0.1) is 10.0 Å². The van der Waals surface area contributed by atoms with E-state index in [1.165, 1.54) is 12.8 Å². The second-order valence-corrected chi connectivity index (χ2v) is 5.98. The SMILES string of the molecule is CCCC1CCN(C(=O)c2cccc(Br)c2F)CC1. The Hall–Kier alpha value is -0.900. The second kappa shape index (κ2) is 6.51. The van der Waals surface area contributed by atoms with Gasteiger partial charge in [-0.15, -0.1) is 0 Å². The molecule has 2 rings (SSSR count). The van der Waals surface area contributed by atoms with Crippen LogP contribution in [0.4, 0.5) is 4.39 Å². The van der Waals surface area contributed by atoms with Crippen LogP contribution in [0.5, 0.6) is 0 Å². The molecular formula is C15H19BrFNO. The fourth-order valence-corrected chi connectivity index (χ4v) is 3.04. The standard InChI is InChI=1S/C15H19BrFNO/c1-2-4-11-7-9-18(10-8-11)15(19)12-5-3-6-13(16)14(12)17/h3,5-6,11H,2,4,7-10H2,1H3. The van der Waals surface area contributed by atoms with Gasteiger partial charge in [-0.25, -0.2) is 4.39 Å².